The van der Waals surface area contributed by atoms with Gasteiger partial charge in [-0.05, 0) is 56.5 Å². The fourth-order valence-electron chi connectivity index (χ4n) is 4.70. The van der Waals surface area contributed by atoms with Crippen LogP contribution in [-0.2, 0) is 0 Å². The first kappa shape index (κ1) is 23.3. The molecule has 0 aliphatic carbocycles. The van der Waals surface area contributed by atoms with E-state index in [4.69, 9.17) is 16.3 Å². The van der Waals surface area contributed by atoms with Crippen LogP contribution < -0.4 is 9.64 Å². The lowest BCUT2D eigenvalue weighted by Gasteiger charge is -2.46. The van der Waals surface area contributed by atoms with Crippen molar-refractivity contribution in [1.82, 2.24) is 4.90 Å². The number of hydrogen-bond acceptors (Lipinski definition) is 6. The van der Waals surface area contributed by atoms with Gasteiger partial charge < -0.3 is 25.0 Å². The SMILES string of the molecule is Cc1ccc(N2CCC(O)(CN3CC[C@H](O)[C@@](O)(COc4cccc(Cl)c4)C3)CC2)cc1. The molecule has 2 saturated heterocycles. The molecule has 2 aromatic rings. The van der Waals surface area contributed by atoms with Crippen LogP contribution in [-0.4, -0.2) is 76.9 Å². The van der Waals surface area contributed by atoms with Gasteiger partial charge in [0.05, 0.1) is 11.7 Å². The number of piperidine rings is 2. The summed E-state index contributed by atoms with van der Waals surface area (Å²) in [6, 6.07) is 15.5. The topological polar surface area (TPSA) is 76.4 Å². The molecule has 2 aliphatic heterocycles. The number of anilines is 1. The van der Waals surface area contributed by atoms with E-state index in [1.807, 2.05) is 0 Å². The van der Waals surface area contributed by atoms with Gasteiger partial charge in [0.25, 0.3) is 0 Å². The van der Waals surface area contributed by atoms with Gasteiger partial charge in [0.1, 0.15) is 18.0 Å². The number of aliphatic hydroxyl groups excluding tert-OH is 1. The predicted octanol–water partition coefficient (Wildman–Crippen LogP) is 2.86. The summed E-state index contributed by atoms with van der Waals surface area (Å²) >= 11 is 6.00. The lowest BCUT2D eigenvalue weighted by Crippen LogP contribution is -2.62. The molecular formula is C25H33ClN2O4. The highest BCUT2D eigenvalue weighted by atomic mass is 35.5. The molecule has 6 nitrogen and oxygen atoms in total. The van der Waals surface area contributed by atoms with Gasteiger partial charge in [0.2, 0.25) is 0 Å². The highest BCUT2D eigenvalue weighted by Crippen LogP contribution is 2.30. The molecule has 0 radical (unpaired) electrons. The van der Waals surface area contributed by atoms with Crippen molar-refractivity contribution in [2.45, 2.75) is 43.5 Å². The number of β-amino-alcohol motifs (C(OH)–C–C–N with tert-alkyl or cyclic N) is 2. The maximum absolute atomic E-state index is 11.2. The van der Waals surface area contributed by atoms with E-state index in [9.17, 15) is 15.3 Å². The van der Waals surface area contributed by atoms with Crippen LogP contribution in [0.4, 0.5) is 5.69 Å². The fourth-order valence-corrected chi connectivity index (χ4v) is 4.88. The molecule has 4 rings (SSSR count). The number of nitrogens with zero attached hydrogens (tertiary/aromatic N) is 2. The zero-order valence-corrected chi connectivity index (χ0v) is 19.3. The lowest BCUT2D eigenvalue weighted by molar-refractivity contribution is -0.149. The molecule has 0 aromatic heterocycles. The first-order chi connectivity index (χ1) is 15.2. The normalized spacial score (nSPS) is 26.2. The Kier molecular flexibility index (Phi) is 6.98. The number of benzene rings is 2. The Morgan fingerprint density at radius 2 is 1.78 bits per heavy atom. The van der Waals surface area contributed by atoms with Crippen molar-refractivity contribution in [3.05, 3.63) is 59.1 Å². The second-order valence-corrected chi connectivity index (χ2v) is 9.85. The van der Waals surface area contributed by atoms with E-state index in [1.165, 1.54) is 11.3 Å². The van der Waals surface area contributed by atoms with Crippen LogP contribution in [0.2, 0.25) is 5.02 Å². The van der Waals surface area contributed by atoms with Gasteiger partial charge in [0.15, 0.2) is 0 Å². The minimum atomic E-state index is -1.40. The van der Waals surface area contributed by atoms with Crippen molar-refractivity contribution in [3.63, 3.8) is 0 Å². The summed E-state index contributed by atoms with van der Waals surface area (Å²) < 4.78 is 5.74. The highest BCUT2D eigenvalue weighted by molar-refractivity contribution is 6.30. The molecule has 174 valence electrons. The third kappa shape index (κ3) is 5.56. The lowest BCUT2D eigenvalue weighted by atomic mass is 9.86. The molecule has 3 N–H and O–H groups in total. The molecule has 2 heterocycles. The van der Waals surface area contributed by atoms with E-state index in [1.54, 1.807) is 24.3 Å². The van der Waals surface area contributed by atoms with Gasteiger partial charge in [-0.1, -0.05) is 35.4 Å². The Balaban J connectivity index is 1.33. The van der Waals surface area contributed by atoms with Crippen molar-refractivity contribution >= 4 is 17.3 Å². The summed E-state index contributed by atoms with van der Waals surface area (Å²) in [7, 11) is 0. The summed E-state index contributed by atoms with van der Waals surface area (Å²) in [4.78, 5) is 4.36. The number of aryl methyl sites for hydroxylation is 1. The van der Waals surface area contributed by atoms with Crippen molar-refractivity contribution in [2.75, 3.05) is 44.2 Å². The van der Waals surface area contributed by atoms with Crippen molar-refractivity contribution in [1.29, 1.82) is 0 Å². The van der Waals surface area contributed by atoms with Crippen LogP contribution >= 0.6 is 11.6 Å². The molecule has 7 heteroatoms. The number of rotatable bonds is 6. The van der Waals surface area contributed by atoms with Crippen LogP contribution in [0.15, 0.2) is 48.5 Å². The zero-order chi connectivity index (χ0) is 22.8. The maximum Gasteiger partial charge on any atom is 0.137 e. The van der Waals surface area contributed by atoms with Crippen molar-refractivity contribution < 1.29 is 20.1 Å². The van der Waals surface area contributed by atoms with Crippen molar-refractivity contribution in [2.24, 2.45) is 0 Å². The van der Waals surface area contributed by atoms with E-state index in [2.05, 4.69) is 41.0 Å². The Morgan fingerprint density at radius 3 is 2.47 bits per heavy atom. The summed E-state index contributed by atoms with van der Waals surface area (Å²) in [5.41, 5.74) is 0.213. The third-order valence-electron chi connectivity index (χ3n) is 6.73. The average molecular weight is 461 g/mol. The quantitative estimate of drug-likeness (QED) is 0.615. The molecule has 2 aromatic carbocycles. The first-order valence-electron chi connectivity index (χ1n) is 11.3. The molecule has 0 saturated carbocycles. The average Bonchev–Trinajstić information content (AvgIpc) is 2.76. The molecule has 32 heavy (non-hydrogen) atoms. The van der Waals surface area contributed by atoms with Crippen LogP contribution in [0.5, 0.6) is 5.75 Å². The van der Waals surface area contributed by atoms with Gasteiger partial charge in [-0.25, -0.2) is 0 Å². The van der Waals surface area contributed by atoms with Gasteiger partial charge in [-0.3, -0.25) is 4.90 Å². The Morgan fingerprint density at radius 1 is 1.06 bits per heavy atom. The minimum absolute atomic E-state index is 0.0371. The first-order valence-corrected chi connectivity index (χ1v) is 11.7. The predicted molar refractivity (Wildman–Crippen MR) is 127 cm³/mol. The fraction of sp³-hybridized carbons (Fsp3) is 0.520. The summed E-state index contributed by atoms with van der Waals surface area (Å²) in [6.07, 6.45) is 0.881. The second-order valence-electron chi connectivity index (χ2n) is 9.41. The molecule has 2 atom stereocenters. The summed E-state index contributed by atoms with van der Waals surface area (Å²) in [5.74, 6) is 0.553. The van der Waals surface area contributed by atoms with Gasteiger partial charge in [-0.2, -0.15) is 0 Å². The zero-order valence-electron chi connectivity index (χ0n) is 18.6. The van der Waals surface area contributed by atoms with E-state index in [0.29, 0.717) is 43.1 Å². The Bertz CT molecular complexity index is 901. The molecule has 0 bridgehead atoms. The molecule has 0 unspecified atom stereocenters. The van der Waals surface area contributed by atoms with Crippen LogP contribution in [0.1, 0.15) is 24.8 Å². The molecule has 0 spiro atoms. The monoisotopic (exact) mass is 460 g/mol. The van der Waals surface area contributed by atoms with E-state index in [0.717, 1.165) is 13.1 Å². The number of hydrogen-bond donors (Lipinski definition) is 3. The third-order valence-corrected chi connectivity index (χ3v) is 6.97. The van der Waals surface area contributed by atoms with Crippen LogP contribution in [0.3, 0.4) is 0 Å². The Labute approximate surface area is 195 Å². The van der Waals surface area contributed by atoms with Crippen molar-refractivity contribution in [3.8, 4) is 5.75 Å². The number of halogens is 1. The number of aliphatic hydroxyl groups is 3. The standard InChI is InChI=1S/C25H33ClN2O4/c1-19-5-7-21(8-6-19)28-13-10-24(30,11-14-28)16-27-12-9-23(29)25(31,17-27)18-32-22-4-2-3-20(26)15-22/h2-8,15,23,29-31H,9-14,16-18H2,1H3/t23-,25-/m0/s1. The largest absolute Gasteiger partial charge is 0.490 e. The van der Waals surface area contributed by atoms with E-state index in [-0.39, 0.29) is 13.2 Å². The molecule has 0 amide bonds. The van der Waals surface area contributed by atoms with Gasteiger partial charge in [-0.15, -0.1) is 0 Å². The summed E-state index contributed by atoms with van der Waals surface area (Å²) in [6.45, 7) is 4.97. The molecule has 2 aliphatic rings. The van der Waals surface area contributed by atoms with Crippen LogP contribution in [0.25, 0.3) is 0 Å². The molecular weight excluding hydrogens is 428 g/mol. The van der Waals surface area contributed by atoms with Gasteiger partial charge >= 0.3 is 0 Å². The molecule has 2 fully saturated rings. The highest BCUT2D eigenvalue weighted by Gasteiger charge is 2.44. The van der Waals surface area contributed by atoms with E-state index < -0.39 is 17.3 Å². The summed E-state index contributed by atoms with van der Waals surface area (Å²) in [5, 5.41) is 33.4. The second kappa shape index (κ2) is 9.57. The maximum atomic E-state index is 11.2. The van der Waals surface area contributed by atoms with Gasteiger partial charge in [0, 0.05) is 43.4 Å². The smallest absolute Gasteiger partial charge is 0.137 e. The minimum Gasteiger partial charge on any atom is -0.490 e. The van der Waals surface area contributed by atoms with Crippen LogP contribution in [0, 0.1) is 6.92 Å². The number of ether oxygens (including phenoxy) is 1. The Hall–Kier alpha value is -1.83. The van der Waals surface area contributed by atoms with E-state index >= 15 is 0 Å². The number of likely N-dealkylation sites (tertiary alicyclic amines) is 1.